The molecule has 1 aliphatic rings. The number of hydrogen-bond acceptors (Lipinski definition) is 1. The summed E-state index contributed by atoms with van der Waals surface area (Å²) in [5.74, 6) is -10.9. The van der Waals surface area contributed by atoms with E-state index in [0.717, 1.165) is 0 Å². The molecule has 0 fully saturated rings. The molecule has 0 bridgehead atoms. The number of nitrogens with zero attached hydrogens (tertiary/aromatic N) is 2. The summed E-state index contributed by atoms with van der Waals surface area (Å²) in [7, 11) is -3.12. The summed E-state index contributed by atoms with van der Waals surface area (Å²) in [4.78, 5) is 4.11. The number of allylic oxidation sites excluding steroid dienone is 2. The van der Waals surface area contributed by atoms with E-state index in [1.807, 2.05) is 0 Å². The van der Waals surface area contributed by atoms with Crippen molar-refractivity contribution in [3.05, 3.63) is 75.0 Å². The maximum atomic E-state index is 14.7. The average molecular weight is 414 g/mol. The molecule has 3 rings (SSSR count). The number of aliphatic imine (C=N–C) groups is 1. The third kappa shape index (κ3) is 3.20. The maximum absolute atomic E-state index is 14.7. The lowest BCUT2D eigenvalue weighted by Gasteiger charge is -2.18. The highest BCUT2D eigenvalue weighted by atomic mass is 19.2. The van der Waals surface area contributed by atoms with Crippen LogP contribution in [-0.4, -0.2) is 17.6 Å². The first-order valence-corrected chi connectivity index (χ1v) is 8.44. The van der Waals surface area contributed by atoms with E-state index < -0.39 is 47.6 Å². The topological polar surface area (TPSA) is 17.3 Å². The lowest BCUT2D eigenvalue weighted by atomic mass is 9.93. The number of benzene rings is 1. The molecule has 1 aromatic carbocycles. The van der Waals surface area contributed by atoms with Gasteiger partial charge in [-0.3, -0.25) is 13.6 Å². The lowest BCUT2D eigenvalue weighted by Crippen LogP contribution is -2.19. The molecule has 152 valence electrons. The standard InChI is InChI=1S/C19H14BF7N2/c1-7-5-9(3)28-18(7)12(19-8(2)6-10(4)29(19)20(26)27)11-13(21)15(23)17(25)16(24)14(11)22/h5-6H,1-4H3/b18-12+. The van der Waals surface area contributed by atoms with E-state index in [9.17, 15) is 30.6 Å². The van der Waals surface area contributed by atoms with Gasteiger partial charge in [0, 0.05) is 22.7 Å². The molecule has 0 saturated heterocycles. The summed E-state index contributed by atoms with van der Waals surface area (Å²) in [6.07, 6.45) is 1.51. The van der Waals surface area contributed by atoms with Crippen LogP contribution in [0, 0.1) is 42.9 Å². The van der Waals surface area contributed by atoms with Crippen molar-refractivity contribution < 1.29 is 30.6 Å². The van der Waals surface area contributed by atoms with Gasteiger partial charge < -0.3 is 4.48 Å². The molecule has 0 aliphatic carbocycles. The van der Waals surface area contributed by atoms with Crippen LogP contribution in [0.2, 0.25) is 0 Å². The molecule has 0 atom stereocenters. The molecule has 1 aromatic heterocycles. The summed E-state index contributed by atoms with van der Waals surface area (Å²) in [6.45, 7) is 5.80. The van der Waals surface area contributed by atoms with Gasteiger partial charge in [0.25, 0.3) is 0 Å². The highest BCUT2D eigenvalue weighted by Gasteiger charge is 2.35. The molecule has 0 spiro atoms. The smallest absolute Gasteiger partial charge is 0.329 e. The molecular formula is C19H14BF7N2. The van der Waals surface area contributed by atoms with Crippen molar-refractivity contribution in [1.82, 2.24) is 4.48 Å². The van der Waals surface area contributed by atoms with Crippen molar-refractivity contribution in [2.45, 2.75) is 27.7 Å². The molecular weight excluding hydrogens is 400 g/mol. The van der Waals surface area contributed by atoms with E-state index in [0.29, 0.717) is 15.8 Å². The molecule has 2 aromatic rings. The molecule has 29 heavy (non-hydrogen) atoms. The zero-order chi connectivity index (χ0) is 21.8. The molecule has 0 unspecified atom stereocenters. The Morgan fingerprint density at radius 2 is 1.38 bits per heavy atom. The van der Waals surface area contributed by atoms with Crippen LogP contribution in [0.25, 0.3) is 5.57 Å². The average Bonchev–Trinajstić information content (AvgIpc) is 3.12. The van der Waals surface area contributed by atoms with E-state index >= 15 is 0 Å². The minimum atomic E-state index is -3.12. The number of hydrogen-bond donors (Lipinski definition) is 0. The Balaban J connectivity index is 2.56. The molecule has 0 amide bonds. The van der Waals surface area contributed by atoms with Gasteiger partial charge in [-0.25, -0.2) is 22.0 Å². The number of aromatic nitrogens is 1. The second kappa shape index (κ2) is 7.24. The van der Waals surface area contributed by atoms with Crippen molar-refractivity contribution in [3.63, 3.8) is 0 Å². The molecule has 0 radical (unpaired) electrons. The maximum Gasteiger partial charge on any atom is 0.677 e. The van der Waals surface area contributed by atoms with E-state index in [-0.39, 0.29) is 22.6 Å². The van der Waals surface area contributed by atoms with Crippen LogP contribution in [0.15, 0.2) is 28.4 Å². The zero-order valence-electron chi connectivity index (χ0n) is 15.8. The molecule has 2 nitrogen and oxygen atoms in total. The Morgan fingerprint density at radius 1 is 0.862 bits per heavy atom. The first-order chi connectivity index (χ1) is 13.5. The van der Waals surface area contributed by atoms with Gasteiger partial charge in [0.15, 0.2) is 23.3 Å². The van der Waals surface area contributed by atoms with Crippen LogP contribution in [0.4, 0.5) is 30.6 Å². The van der Waals surface area contributed by atoms with E-state index in [1.165, 1.54) is 32.9 Å². The predicted molar refractivity (Wildman–Crippen MR) is 96.4 cm³/mol. The van der Waals surface area contributed by atoms with Crippen molar-refractivity contribution in [1.29, 1.82) is 0 Å². The summed E-state index contributed by atoms with van der Waals surface area (Å²) in [5.41, 5.74) is -1.46. The summed E-state index contributed by atoms with van der Waals surface area (Å²) >= 11 is 0. The van der Waals surface area contributed by atoms with Crippen molar-refractivity contribution >= 4 is 18.7 Å². The third-order valence-corrected chi connectivity index (χ3v) is 4.64. The van der Waals surface area contributed by atoms with Crippen LogP contribution in [-0.2, 0) is 0 Å². The third-order valence-electron chi connectivity index (χ3n) is 4.64. The van der Waals surface area contributed by atoms with Crippen LogP contribution in [0.3, 0.4) is 0 Å². The largest absolute Gasteiger partial charge is 0.677 e. The minimum absolute atomic E-state index is 0.0507. The first kappa shape index (κ1) is 20.9. The van der Waals surface area contributed by atoms with Crippen LogP contribution < -0.4 is 0 Å². The highest BCUT2D eigenvalue weighted by Crippen LogP contribution is 2.40. The Morgan fingerprint density at radius 3 is 1.83 bits per heavy atom. The fourth-order valence-corrected chi connectivity index (χ4v) is 3.49. The Bertz CT molecular complexity index is 1100. The zero-order valence-corrected chi connectivity index (χ0v) is 15.8. The van der Waals surface area contributed by atoms with Gasteiger partial charge in [-0.2, -0.15) is 0 Å². The molecule has 0 saturated carbocycles. The van der Waals surface area contributed by atoms with Crippen molar-refractivity contribution in [2.75, 3.05) is 0 Å². The normalized spacial score (nSPS) is 15.6. The van der Waals surface area contributed by atoms with Gasteiger partial charge in [0.1, 0.15) is 0 Å². The Labute approximate surface area is 162 Å². The molecule has 0 N–H and O–H groups in total. The van der Waals surface area contributed by atoms with Gasteiger partial charge in [-0.1, -0.05) is 0 Å². The number of rotatable bonds is 3. The summed E-state index contributed by atoms with van der Waals surface area (Å²) < 4.78 is 98.7. The van der Waals surface area contributed by atoms with E-state index in [4.69, 9.17) is 0 Å². The number of aryl methyl sites for hydroxylation is 2. The van der Waals surface area contributed by atoms with Crippen LogP contribution >= 0.6 is 0 Å². The first-order valence-electron chi connectivity index (χ1n) is 8.44. The summed E-state index contributed by atoms with van der Waals surface area (Å²) in [6, 6.07) is 1.33. The van der Waals surface area contributed by atoms with Gasteiger partial charge in [0.05, 0.1) is 11.3 Å². The van der Waals surface area contributed by atoms with Crippen molar-refractivity contribution in [2.24, 2.45) is 4.99 Å². The van der Waals surface area contributed by atoms with Gasteiger partial charge >= 0.3 is 7.40 Å². The lowest BCUT2D eigenvalue weighted by molar-refractivity contribution is 0.376. The SMILES string of the molecule is CC1=CC(C)=N/C1=C(\c1c(F)c(F)c(F)c(F)c1F)c1c(C)cc(C)n1B(F)F. The van der Waals surface area contributed by atoms with Gasteiger partial charge in [-0.05, 0) is 51.0 Å². The van der Waals surface area contributed by atoms with Crippen LogP contribution in [0.5, 0.6) is 0 Å². The summed E-state index contributed by atoms with van der Waals surface area (Å²) in [5, 5.41) is 0. The Hall–Kier alpha value is -2.78. The predicted octanol–water partition coefficient (Wildman–Crippen LogP) is 5.75. The van der Waals surface area contributed by atoms with Gasteiger partial charge in [0.2, 0.25) is 5.82 Å². The molecule has 10 heteroatoms. The monoisotopic (exact) mass is 414 g/mol. The quantitative estimate of drug-likeness (QED) is 0.263. The number of halogens is 7. The van der Waals surface area contributed by atoms with Crippen LogP contribution in [0.1, 0.15) is 36.4 Å². The second-order valence-electron chi connectivity index (χ2n) is 6.71. The fourth-order valence-electron chi connectivity index (χ4n) is 3.49. The van der Waals surface area contributed by atoms with E-state index in [2.05, 4.69) is 4.99 Å². The highest BCUT2D eigenvalue weighted by molar-refractivity contribution is 6.41. The minimum Gasteiger partial charge on any atom is -0.329 e. The molecule has 1 aliphatic heterocycles. The fraction of sp³-hybridized carbons (Fsp3) is 0.211. The molecule has 2 heterocycles. The van der Waals surface area contributed by atoms with Gasteiger partial charge in [-0.15, -0.1) is 0 Å². The van der Waals surface area contributed by atoms with E-state index in [1.54, 1.807) is 6.92 Å². The second-order valence-corrected chi connectivity index (χ2v) is 6.71. The van der Waals surface area contributed by atoms with Crippen molar-refractivity contribution in [3.8, 4) is 0 Å². The Kier molecular flexibility index (Phi) is 5.23.